The molecule has 0 aliphatic heterocycles. The van der Waals surface area contributed by atoms with Crippen LogP contribution in [0.4, 0.5) is 0 Å². The van der Waals surface area contributed by atoms with Crippen LogP contribution in [0.25, 0.3) is 0 Å². The van der Waals surface area contributed by atoms with Gasteiger partial charge in [-0.15, -0.1) is 0 Å². The molecule has 0 heteroatoms. The van der Waals surface area contributed by atoms with Crippen molar-refractivity contribution in [1.29, 1.82) is 0 Å². The summed E-state index contributed by atoms with van der Waals surface area (Å²) in [5.74, 6) is 0. The van der Waals surface area contributed by atoms with Crippen molar-refractivity contribution in [2.45, 2.75) is 44.9 Å². The third-order valence-corrected chi connectivity index (χ3v) is 2.21. The molecule has 0 N–H and O–H groups in total. The molecule has 0 aromatic carbocycles. The van der Waals surface area contributed by atoms with E-state index >= 15 is 0 Å². The van der Waals surface area contributed by atoms with Crippen LogP contribution in [-0.2, 0) is 0 Å². The van der Waals surface area contributed by atoms with Crippen LogP contribution in [-0.4, -0.2) is 0 Å². The Bertz CT molecular complexity index is 184. The summed E-state index contributed by atoms with van der Waals surface area (Å²) in [5, 5.41) is 0. The zero-order valence-electron chi connectivity index (χ0n) is 8.34. The highest BCUT2D eigenvalue weighted by Gasteiger charge is 1.85. The fourth-order valence-corrected chi connectivity index (χ4v) is 1.40. The Morgan fingerprint density at radius 3 is 2.31 bits per heavy atom. The van der Waals surface area contributed by atoms with Gasteiger partial charge in [0.2, 0.25) is 0 Å². The number of hydrogen-bond donors (Lipinski definition) is 0. The largest absolute Gasteiger partial charge is 0.0885 e. The third-order valence-electron chi connectivity index (χ3n) is 2.21. The maximum atomic E-state index is 3.20. The molecule has 0 heterocycles. The van der Waals surface area contributed by atoms with Gasteiger partial charge in [0.05, 0.1) is 0 Å². The van der Waals surface area contributed by atoms with Crippen molar-refractivity contribution in [1.82, 2.24) is 0 Å². The van der Waals surface area contributed by atoms with Crippen LogP contribution in [0.2, 0.25) is 0 Å². The van der Waals surface area contributed by atoms with E-state index in [1.54, 1.807) is 0 Å². The van der Waals surface area contributed by atoms with Gasteiger partial charge in [0.25, 0.3) is 0 Å². The first-order valence-corrected chi connectivity index (χ1v) is 5.38. The molecule has 0 spiro atoms. The molecule has 0 atom stereocenters. The predicted octanol–water partition coefficient (Wildman–Crippen LogP) is 4.20. The van der Waals surface area contributed by atoms with E-state index in [2.05, 4.69) is 36.5 Å². The van der Waals surface area contributed by atoms with Crippen LogP contribution in [0.1, 0.15) is 44.9 Å². The minimum absolute atomic E-state index is 1.18. The summed E-state index contributed by atoms with van der Waals surface area (Å²) < 4.78 is 0. The lowest BCUT2D eigenvalue weighted by atomic mass is 10.1. The van der Waals surface area contributed by atoms with Crippen molar-refractivity contribution < 1.29 is 0 Å². The fraction of sp³-hybridized carbons (Fsp3) is 0.538. The van der Waals surface area contributed by atoms with Crippen LogP contribution in [0.5, 0.6) is 0 Å². The van der Waals surface area contributed by atoms with Crippen molar-refractivity contribution in [2.75, 3.05) is 0 Å². The minimum Gasteiger partial charge on any atom is -0.0885 e. The Labute approximate surface area is 82.0 Å². The van der Waals surface area contributed by atoms with Crippen LogP contribution < -0.4 is 0 Å². The number of rotatable bonds is 0. The second-order valence-electron chi connectivity index (χ2n) is 3.46. The highest BCUT2D eigenvalue weighted by Crippen LogP contribution is 2.05. The smallest absolute Gasteiger partial charge is 0.0230 e. The summed E-state index contributed by atoms with van der Waals surface area (Å²) in [6, 6.07) is 0. The summed E-state index contributed by atoms with van der Waals surface area (Å²) in [6.07, 6.45) is 23.0. The Morgan fingerprint density at radius 1 is 0.692 bits per heavy atom. The second-order valence-corrected chi connectivity index (χ2v) is 3.46. The molecule has 0 saturated carbocycles. The second kappa shape index (κ2) is 7.85. The standard InChI is InChI=1S/C13H19/c1-2-4-6-8-10-12-13-11-9-7-5-3-1/h1-2,9,11-12H,3-8,10H2/b2-1+,11-9+,13-12?. The lowest BCUT2D eigenvalue weighted by Crippen LogP contribution is -1.72. The van der Waals surface area contributed by atoms with E-state index in [4.69, 9.17) is 0 Å². The van der Waals surface area contributed by atoms with Crippen LogP contribution in [0.3, 0.4) is 0 Å². The van der Waals surface area contributed by atoms with E-state index in [0.717, 1.165) is 0 Å². The molecular weight excluding hydrogens is 156 g/mol. The van der Waals surface area contributed by atoms with E-state index in [1.165, 1.54) is 44.9 Å². The van der Waals surface area contributed by atoms with Crippen molar-refractivity contribution in [3.8, 4) is 0 Å². The van der Waals surface area contributed by atoms with Crippen LogP contribution in [0, 0.1) is 6.08 Å². The highest BCUT2D eigenvalue weighted by molar-refractivity contribution is 4.95. The van der Waals surface area contributed by atoms with Gasteiger partial charge in [-0.3, -0.25) is 0 Å². The molecule has 71 valence electrons. The maximum absolute atomic E-state index is 3.20. The van der Waals surface area contributed by atoms with Crippen molar-refractivity contribution >= 4 is 0 Å². The first-order valence-electron chi connectivity index (χ1n) is 5.38. The summed E-state index contributed by atoms with van der Waals surface area (Å²) in [4.78, 5) is 0. The molecule has 0 nitrogen and oxygen atoms in total. The fourth-order valence-electron chi connectivity index (χ4n) is 1.40. The Balaban J connectivity index is 2.28. The molecule has 0 bridgehead atoms. The first-order chi connectivity index (χ1) is 6.50. The molecule has 0 aromatic rings. The minimum atomic E-state index is 1.18. The molecule has 0 amide bonds. The van der Waals surface area contributed by atoms with E-state index < -0.39 is 0 Å². The summed E-state index contributed by atoms with van der Waals surface area (Å²) >= 11 is 0. The highest BCUT2D eigenvalue weighted by atomic mass is 13.9. The van der Waals surface area contributed by atoms with Gasteiger partial charge >= 0.3 is 0 Å². The predicted molar refractivity (Wildman–Crippen MR) is 58.4 cm³/mol. The zero-order chi connectivity index (χ0) is 9.19. The van der Waals surface area contributed by atoms with E-state index in [-0.39, 0.29) is 0 Å². The summed E-state index contributed by atoms with van der Waals surface area (Å²) in [7, 11) is 0. The van der Waals surface area contributed by atoms with E-state index in [1.807, 2.05) is 0 Å². The van der Waals surface area contributed by atoms with Gasteiger partial charge in [0.15, 0.2) is 0 Å². The van der Waals surface area contributed by atoms with Gasteiger partial charge in [0.1, 0.15) is 0 Å². The monoisotopic (exact) mass is 175 g/mol. The Kier molecular flexibility index (Phi) is 6.22. The van der Waals surface area contributed by atoms with Crippen molar-refractivity contribution in [2.24, 2.45) is 0 Å². The molecule has 0 aromatic heterocycles. The van der Waals surface area contributed by atoms with Gasteiger partial charge in [-0.05, 0) is 51.0 Å². The van der Waals surface area contributed by atoms with Gasteiger partial charge in [0, 0.05) is 0 Å². The lowest BCUT2D eigenvalue weighted by Gasteiger charge is -1.92. The average Bonchev–Trinajstić information content (AvgIpc) is 2.18. The zero-order valence-corrected chi connectivity index (χ0v) is 8.34. The van der Waals surface area contributed by atoms with Crippen molar-refractivity contribution in [3.63, 3.8) is 0 Å². The Hall–Kier alpha value is -0.780. The molecule has 1 rings (SSSR count). The number of allylic oxidation sites excluding steroid dienone is 6. The third kappa shape index (κ3) is 6.39. The van der Waals surface area contributed by atoms with Gasteiger partial charge in [-0.2, -0.15) is 0 Å². The number of hydrogen-bond acceptors (Lipinski definition) is 0. The average molecular weight is 175 g/mol. The molecule has 1 aliphatic carbocycles. The molecule has 13 heavy (non-hydrogen) atoms. The normalized spacial score (nSPS) is 27.7. The quantitative estimate of drug-likeness (QED) is 0.484. The molecule has 1 radical (unpaired) electrons. The summed E-state index contributed by atoms with van der Waals surface area (Å²) in [6.45, 7) is 0. The van der Waals surface area contributed by atoms with E-state index in [0.29, 0.717) is 0 Å². The van der Waals surface area contributed by atoms with Crippen LogP contribution in [0.15, 0.2) is 30.4 Å². The topological polar surface area (TPSA) is 0 Å². The molecule has 0 saturated heterocycles. The molecule has 1 aliphatic rings. The van der Waals surface area contributed by atoms with Crippen LogP contribution >= 0.6 is 0 Å². The van der Waals surface area contributed by atoms with Gasteiger partial charge < -0.3 is 0 Å². The molecule has 0 unspecified atom stereocenters. The lowest BCUT2D eigenvalue weighted by molar-refractivity contribution is 0.758. The van der Waals surface area contributed by atoms with E-state index in [9.17, 15) is 0 Å². The van der Waals surface area contributed by atoms with Crippen molar-refractivity contribution in [3.05, 3.63) is 36.5 Å². The molecule has 0 fully saturated rings. The maximum Gasteiger partial charge on any atom is -0.0230 e. The molecular formula is C13H19. The SMILES string of the molecule is [C]1=C/CCCC/C=C/CCC/C=C/1. The van der Waals surface area contributed by atoms with Gasteiger partial charge in [-0.25, -0.2) is 0 Å². The summed E-state index contributed by atoms with van der Waals surface area (Å²) in [5.41, 5.74) is 0. The Morgan fingerprint density at radius 2 is 1.38 bits per heavy atom. The first kappa shape index (κ1) is 10.3. The van der Waals surface area contributed by atoms with Gasteiger partial charge in [-0.1, -0.05) is 30.4 Å².